The molecule has 23 heavy (non-hydrogen) atoms. The van der Waals surface area contributed by atoms with Crippen molar-refractivity contribution < 1.29 is 4.39 Å². The predicted octanol–water partition coefficient (Wildman–Crippen LogP) is 4.79. The van der Waals surface area contributed by atoms with Gasteiger partial charge in [-0.25, -0.2) is 14.4 Å². The van der Waals surface area contributed by atoms with Gasteiger partial charge in [0.25, 0.3) is 0 Å². The number of rotatable bonds is 3. The van der Waals surface area contributed by atoms with Crippen molar-refractivity contribution in [2.24, 2.45) is 0 Å². The Kier molecular flexibility index (Phi) is 3.66. The summed E-state index contributed by atoms with van der Waals surface area (Å²) in [6.45, 7) is 0. The summed E-state index contributed by atoms with van der Waals surface area (Å²) < 4.78 is 13.1. The van der Waals surface area contributed by atoms with Crippen molar-refractivity contribution in [3.8, 4) is 11.1 Å². The summed E-state index contributed by atoms with van der Waals surface area (Å²) in [6, 6.07) is 13.2. The zero-order chi connectivity index (χ0) is 15.6. The molecule has 4 rings (SSSR count). The van der Waals surface area contributed by atoms with E-state index < -0.39 is 0 Å². The Morgan fingerprint density at radius 3 is 2.43 bits per heavy atom. The van der Waals surface area contributed by atoms with Crippen LogP contribution in [0.15, 0.2) is 48.8 Å². The van der Waals surface area contributed by atoms with Crippen LogP contribution in [0.1, 0.15) is 25.7 Å². The van der Waals surface area contributed by atoms with Crippen molar-refractivity contribution in [1.82, 2.24) is 9.97 Å². The quantitative estimate of drug-likeness (QED) is 0.756. The third kappa shape index (κ3) is 2.89. The smallest absolute Gasteiger partial charge is 0.137 e. The van der Waals surface area contributed by atoms with Crippen LogP contribution in [0.5, 0.6) is 0 Å². The summed E-state index contributed by atoms with van der Waals surface area (Å²) in [7, 11) is 0. The molecule has 1 aliphatic carbocycles. The fraction of sp³-hybridized carbons (Fsp3) is 0.263. The van der Waals surface area contributed by atoms with E-state index >= 15 is 0 Å². The van der Waals surface area contributed by atoms with E-state index in [1.807, 2.05) is 12.1 Å². The molecule has 1 N–H and O–H groups in total. The van der Waals surface area contributed by atoms with Gasteiger partial charge in [-0.1, -0.05) is 31.0 Å². The minimum atomic E-state index is -0.221. The van der Waals surface area contributed by atoms with Gasteiger partial charge < -0.3 is 5.32 Å². The van der Waals surface area contributed by atoms with Gasteiger partial charge in [0, 0.05) is 11.4 Å². The second kappa shape index (κ2) is 5.95. The standard InChI is InChI=1S/C19H18FN3/c20-15-8-5-13(6-9-15)14-7-10-18-17(11-14)19(22-12-21-18)23-16-3-1-2-4-16/h5-12,16H,1-4H2,(H,21,22,23). The molecule has 0 saturated heterocycles. The van der Waals surface area contributed by atoms with Crippen molar-refractivity contribution >= 4 is 16.7 Å². The van der Waals surface area contributed by atoms with Gasteiger partial charge in [-0.2, -0.15) is 0 Å². The first-order valence-electron chi connectivity index (χ1n) is 8.07. The lowest BCUT2D eigenvalue weighted by molar-refractivity contribution is 0.628. The van der Waals surface area contributed by atoms with Gasteiger partial charge in [-0.15, -0.1) is 0 Å². The summed E-state index contributed by atoms with van der Waals surface area (Å²) in [5.41, 5.74) is 2.96. The molecule has 1 aliphatic rings. The molecule has 0 aliphatic heterocycles. The van der Waals surface area contributed by atoms with Crippen LogP contribution in [-0.4, -0.2) is 16.0 Å². The zero-order valence-electron chi connectivity index (χ0n) is 12.8. The van der Waals surface area contributed by atoms with Crippen LogP contribution in [0, 0.1) is 5.82 Å². The zero-order valence-corrected chi connectivity index (χ0v) is 12.8. The van der Waals surface area contributed by atoms with Crippen molar-refractivity contribution in [2.45, 2.75) is 31.7 Å². The molecule has 2 aromatic carbocycles. The molecule has 1 saturated carbocycles. The fourth-order valence-electron chi connectivity index (χ4n) is 3.26. The van der Waals surface area contributed by atoms with Gasteiger partial charge in [0.15, 0.2) is 0 Å². The van der Waals surface area contributed by atoms with Crippen LogP contribution in [-0.2, 0) is 0 Å². The normalized spacial score (nSPS) is 15.2. The van der Waals surface area contributed by atoms with E-state index in [1.54, 1.807) is 18.5 Å². The molecule has 1 fully saturated rings. The topological polar surface area (TPSA) is 37.8 Å². The Hall–Kier alpha value is -2.49. The number of aromatic nitrogens is 2. The molecule has 0 amide bonds. The fourth-order valence-corrected chi connectivity index (χ4v) is 3.26. The molecular formula is C19H18FN3. The second-order valence-corrected chi connectivity index (χ2v) is 6.09. The lowest BCUT2D eigenvalue weighted by atomic mass is 10.0. The van der Waals surface area contributed by atoms with Gasteiger partial charge in [0.1, 0.15) is 18.0 Å². The van der Waals surface area contributed by atoms with Gasteiger partial charge in [0.2, 0.25) is 0 Å². The van der Waals surface area contributed by atoms with E-state index in [0.717, 1.165) is 27.8 Å². The Morgan fingerprint density at radius 2 is 1.65 bits per heavy atom. The summed E-state index contributed by atoms with van der Waals surface area (Å²) in [6.07, 6.45) is 6.56. The highest BCUT2D eigenvalue weighted by Crippen LogP contribution is 2.29. The minimum absolute atomic E-state index is 0.221. The molecule has 0 spiro atoms. The lowest BCUT2D eigenvalue weighted by Crippen LogP contribution is -2.15. The van der Waals surface area contributed by atoms with Gasteiger partial charge >= 0.3 is 0 Å². The molecule has 1 aromatic heterocycles. The summed E-state index contributed by atoms with van der Waals surface area (Å²) >= 11 is 0. The summed E-state index contributed by atoms with van der Waals surface area (Å²) in [5, 5.41) is 4.58. The third-order valence-electron chi connectivity index (χ3n) is 4.51. The Balaban J connectivity index is 1.75. The number of nitrogens with one attached hydrogen (secondary N) is 1. The highest BCUT2D eigenvalue weighted by molar-refractivity contribution is 5.92. The van der Waals surface area contributed by atoms with Crippen molar-refractivity contribution in [3.63, 3.8) is 0 Å². The monoisotopic (exact) mass is 307 g/mol. The maximum absolute atomic E-state index is 13.1. The molecule has 0 atom stereocenters. The molecule has 3 nitrogen and oxygen atoms in total. The van der Waals surface area contributed by atoms with E-state index in [2.05, 4.69) is 21.4 Å². The predicted molar refractivity (Wildman–Crippen MR) is 90.8 cm³/mol. The largest absolute Gasteiger partial charge is 0.367 e. The highest BCUT2D eigenvalue weighted by atomic mass is 19.1. The van der Waals surface area contributed by atoms with Crippen LogP contribution in [0.4, 0.5) is 10.2 Å². The molecule has 3 aromatic rings. The highest BCUT2D eigenvalue weighted by Gasteiger charge is 2.16. The SMILES string of the molecule is Fc1ccc(-c2ccc3ncnc(NC4CCCC4)c3c2)cc1. The number of anilines is 1. The third-order valence-corrected chi connectivity index (χ3v) is 4.51. The van der Waals surface area contributed by atoms with E-state index in [4.69, 9.17) is 0 Å². The summed E-state index contributed by atoms with van der Waals surface area (Å²) in [5.74, 6) is 0.673. The molecule has 0 bridgehead atoms. The first-order chi connectivity index (χ1) is 11.3. The number of fused-ring (bicyclic) bond motifs is 1. The lowest BCUT2D eigenvalue weighted by Gasteiger charge is -2.14. The number of hydrogen-bond acceptors (Lipinski definition) is 3. The van der Waals surface area contributed by atoms with Crippen LogP contribution in [0.2, 0.25) is 0 Å². The number of benzene rings is 2. The first-order valence-corrected chi connectivity index (χ1v) is 8.07. The molecule has 0 unspecified atom stereocenters. The first kappa shape index (κ1) is 14.1. The van der Waals surface area contributed by atoms with Gasteiger partial charge in [-0.3, -0.25) is 0 Å². The summed E-state index contributed by atoms with van der Waals surface area (Å²) in [4.78, 5) is 8.79. The van der Waals surface area contributed by atoms with Crippen molar-refractivity contribution in [3.05, 3.63) is 54.6 Å². The molecule has 4 heteroatoms. The minimum Gasteiger partial charge on any atom is -0.367 e. The molecule has 0 radical (unpaired) electrons. The van der Waals surface area contributed by atoms with Crippen LogP contribution in [0.3, 0.4) is 0 Å². The van der Waals surface area contributed by atoms with Crippen molar-refractivity contribution in [1.29, 1.82) is 0 Å². The second-order valence-electron chi connectivity index (χ2n) is 6.09. The van der Waals surface area contributed by atoms with E-state index in [1.165, 1.54) is 37.8 Å². The van der Waals surface area contributed by atoms with E-state index in [-0.39, 0.29) is 5.82 Å². The Morgan fingerprint density at radius 1 is 0.913 bits per heavy atom. The number of halogens is 1. The van der Waals surface area contributed by atoms with Crippen LogP contribution < -0.4 is 5.32 Å². The maximum atomic E-state index is 13.1. The molecular weight excluding hydrogens is 289 g/mol. The maximum Gasteiger partial charge on any atom is 0.137 e. The van der Waals surface area contributed by atoms with E-state index in [9.17, 15) is 4.39 Å². The van der Waals surface area contributed by atoms with Gasteiger partial charge in [0.05, 0.1) is 5.52 Å². The number of nitrogens with zero attached hydrogens (tertiary/aromatic N) is 2. The molecule has 1 heterocycles. The van der Waals surface area contributed by atoms with E-state index in [0.29, 0.717) is 6.04 Å². The molecule has 116 valence electrons. The van der Waals surface area contributed by atoms with Crippen molar-refractivity contribution in [2.75, 3.05) is 5.32 Å². The average molecular weight is 307 g/mol. The average Bonchev–Trinajstić information content (AvgIpc) is 3.09. The Labute approximate surface area is 134 Å². The Bertz CT molecular complexity index is 824. The van der Waals surface area contributed by atoms with Gasteiger partial charge in [-0.05, 0) is 48.2 Å². The van der Waals surface area contributed by atoms with Crippen LogP contribution in [0.25, 0.3) is 22.0 Å². The number of hydrogen-bond donors (Lipinski definition) is 1. The van der Waals surface area contributed by atoms with Crippen LogP contribution >= 0.6 is 0 Å².